The highest BCUT2D eigenvalue weighted by Gasteiger charge is 2.48. The van der Waals surface area contributed by atoms with Crippen LogP contribution >= 0.6 is 0 Å². The van der Waals surface area contributed by atoms with E-state index in [1.54, 1.807) is 0 Å². The Morgan fingerprint density at radius 2 is 2.11 bits per heavy atom. The molecule has 1 heterocycles. The average molecular weight is 258 g/mol. The van der Waals surface area contributed by atoms with Gasteiger partial charge in [-0.2, -0.15) is 0 Å². The number of anilines is 2. The fraction of sp³-hybridized carbons (Fsp3) is 0.467. The second-order valence-electron chi connectivity index (χ2n) is 5.41. The lowest BCUT2D eigenvalue weighted by Crippen LogP contribution is -2.31. The number of carbonyl (C=O) groups excluding carboxylic acids is 2. The summed E-state index contributed by atoms with van der Waals surface area (Å²) in [4.78, 5) is 23.7. The van der Waals surface area contributed by atoms with Gasteiger partial charge in [-0.3, -0.25) is 9.59 Å². The zero-order chi connectivity index (χ0) is 13.5. The monoisotopic (exact) mass is 258 g/mol. The molecule has 1 aromatic carbocycles. The summed E-state index contributed by atoms with van der Waals surface area (Å²) in [6, 6.07) is 5.71. The van der Waals surface area contributed by atoms with Crippen molar-refractivity contribution in [3.8, 4) is 0 Å². The number of amides is 2. The van der Waals surface area contributed by atoms with E-state index in [9.17, 15) is 9.59 Å². The maximum Gasteiger partial charge on any atom is 0.235 e. The summed E-state index contributed by atoms with van der Waals surface area (Å²) in [5.74, 6) is 0.122. The third-order valence-corrected chi connectivity index (χ3v) is 4.28. The normalized spacial score (nSPS) is 19.3. The van der Waals surface area contributed by atoms with Crippen molar-refractivity contribution >= 4 is 23.2 Å². The topological polar surface area (TPSA) is 58.2 Å². The minimum absolute atomic E-state index is 0.00213. The molecule has 2 N–H and O–H groups in total. The molecule has 0 aromatic heterocycles. The lowest BCUT2D eigenvalue weighted by molar-refractivity contribution is -0.120. The summed E-state index contributed by atoms with van der Waals surface area (Å²) in [6.07, 6.45) is 4.48. The summed E-state index contributed by atoms with van der Waals surface area (Å²) < 4.78 is 0. The van der Waals surface area contributed by atoms with Crippen LogP contribution in [0.25, 0.3) is 0 Å². The van der Waals surface area contributed by atoms with Crippen LogP contribution in [-0.4, -0.2) is 11.8 Å². The van der Waals surface area contributed by atoms with E-state index in [1.165, 1.54) is 0 Å². The quantitative estimate of drug-likeness (QED) is 0.857. The molecule has 0 atom stereocenters. The van der Waals surface area contributed by atoms with E-state index in [1.807, 2.05) is 25.1 Å². The lowest BCUT2D eigenvalue weighted by atomic mass is 9.80. The highest BCUT2D eigenvalue weighted by Crippen LogP contribution is 2.49. The van der Waals surface area contributed by atoms with Crippen molar-refractivity contribution < 1.29 is 9.59 Å². The second kappa shape index (κ2) is 4.37. The summed E-state index contributed by atoms with van der Waals surface area (Å²) in [5, 5.41) is 5.84. The van der Waals surface area contributed by atoms with Crippen molar-refractivity contribution in [2.45, 2.75) is 44.4 Å². The van der Waals surface area contributed by atoms with Gasteiger partial charge in [0.2, 0.25) is 11.8 Å². The van der Waals surface area contributed by atoms with Crippen LogP contribution < -0.4 is 10.6 Å². The highest BCUT2D eigenvalue weighted by molar-refractivity contribution is 6.07. The average Bonchev–Trinajstić information content (AvgIpc) is 2.99. The Morgan fingerprint density at radius 1 is 1.37 bits per heavy atom. The first-order valence-electron chi connectivity index (χ1n) is 6.91. The standard InChI is InChI=1S/C15H18N2O2/c1-2-13(18)16-10-5-6-12-11(9-10)15(14(19)17-12)7-3-4-8-15/h5-6,9H,2-4,7-8H2,1H3,(H,16,18)(H,17,19). The van der Waals surface area contributed by atoms with Crippen LogP contribution in [0.2, 0.25) is 0 Å². The molecule has 2 aliphatic rings. The Balaban J connectivity index is 1.98. The molecule has 1 aliphatic heterocycles. The Hall–Kier alpha value is -1.84. The Morgan fingerprint density at radius 3 is 2.79 bits per heavy atom. The molecule has 3 rings (SSSR count). The molecule has 0 unspecified atom stereocenters. The van der Waals surface area contributed by atoms with E-state index >= 15 is 0 Å². The van der Waals surface area contributed by atoms with Crippen LogP contribution in [0.1, 0.15) is 44.6 Å². The number of hydrogen-bond acceptors (Lipinski definition) is 2. The minimum Gasteiger partial charge on any atom is -0.326 e. The van der Waals surface area contributed by atoms with Crippen LogP contribution in [-0.2, 0) is 15.0 Å². The fourth-order valence-electron chi connectivity index (χ4n) is 3.22. The Labute approximate surface area is 112 Å². The van der Waals surface area contributed by atoms with E-state index in [2.05, 4.69) is 10.6 Å². The van der Waals surface area contributed by atoms with Gasteiger partial charge in [0, 0.05) is 17.8 Å². The lowest BCUT2D eigenvalue weighted by Gasteiger charge is -2.21. The van der Waals surface area contributed by atoms with Crippen molar-refractivity contribution in [1.29, 1.82) is 0 Å². The van der Waals surface area contributed by atoms with Gasteiger partial charge in [-0.1, -0.05) is 19.8 Å². The number of rotatable bonds is 2. The molecule has 2 amide bonds. The molecular formula is C15H18N2O2. The van der Waals surface area contributed by atoms with Gasteiger partial charge < -0.3 is 10.6 Å². The van der Waals surface area contributed by atoms with Crippen LogP contribution in [0.4, 0.5) is 11.4 Å². The van der Waals surface area contributed by atoms with Crippen LogP contribution in [0.3, 0.4) is 0 Å². The van der Waals surface area contributed by atoms with Crippen molar-refractivity contribution in [3.63, 3.8) is 0 Å². The maximum absolute atomic E-state index is 12.2. The first kappa shape index (κ1) is 12.2. The van der Waals surface area contributed by atoms with Gasteiger partial charge >= 0.3 is 0 Å². The molecule has 1 spiro atoms. The molecule has 1 saturated carbocycles. The fourth-order valence-corrected chi connectivity index (χ4v) is 3.22. The van der Waals surface area contributed by atoms with Crippen molar-refractivity contribution in [2.24, 2.45) is 0 Å². The predicted octanol–water partition coefficient (Wildman–Crippen LogP) is 2.80. The highest BCUT2D eigenvalue weighted by atomic mass is 16.2. The van der Waals surface area contributed by atoms with E-state index in [0.29, 0.717) is 6.42 Å². The SMILES string of the molecule is CCC(=O)Nc1ccc2c(c1)C1(CCCC1)C(=O)N2. The van der Waals surface area contributed by atoms with Gasteiger partial charge in [0.05, 0.1) is 5.41 Å². The molecule has 1 fully saturated rings. The van der Waals surface area contributed by atoms with E-state index in [-0.39, 0.29) is 17.2 Å². The molecule has 0 saturated heterocycles. The second-order valence-corrected chi connectivity index (χ2v) is 5.41. The summed E-state index contributed by atoms with van der Waals surface area (Å²) in [6.45, 7) is 1.83. The van der Waals surface area contributed by atoms with Crippen molar-refractivity contribution in [2.75, 3.05) is 10.6 Å². The van der Waals surface area contributed by atoms with Gasteiger partial charge in [-0.15, -0.1) is 0 Å². The number of nitrogens with one attached hydrogen (secondary N) is 2. The third kappa shape index (κ3) is 1.82. The molecular weight excluding hydrogens is 240 g/mol. The molecule has 4 nitrogen and oxygen atoms in total. The molecule has 4 heteroatoms. The molecule has 1 aromatic rings. The van der Waals surface area contributed by atoms with Crippen LogP contribution in [0.5, 0.6) is 0 Å². The zero-order valence-electron chi connectivity index (χ0n) is 11.1. The largest absolute Gasteiger partial charge is 0.326 e. The van der Waals surface area contributed by atoms with Gasteiger partial charge in [-0.25, -0.2) is 0 Å². The smallest absolute Gasteiger partial charge is 0.235 e. The summed E-state index contributed by atoms with van der Waals surface area (Å²) in [5.41, 5.74) is 2.40. The zero-order valence-corrected chi connectivity index (χ0v) is 11.1. The Kier molecular flexibility index (Phi) is 2.81. The maximum atomic E-state index is 12.2. The summed E-state index contributed by atoms with van der Waals surface area (Å²) in [7, 11) is 0. The van der Waals surface area contributed by atoms with Gasteiger partial charge in [-0.05, 0) is 36.6 Å². The van der Waals surface area contributed by atoms with E-state index in [4.69, 9.17) is 0 Å². The van der Waals surface area contributed by atoms with Crippen molar-refractivity contribution in [3.05, 3.63) is 23.8 Å². The Bertz CT molecular complexity index is 545. The van der Waals surface area contributed by atoms with Gasteiger partial charge in [0.15, 0.2) is 0 Å². The molecule has 0 bridgehead atoms. The van der Waals surface area contributed by atoms with Crippen LogP contribution in [0, 0.1) is 0 Å². The predicted molar refractivity (Wildman–Crippen MR) is 74.1 cm³/mol. The molecule has 0 radical (unpaired) electrons. The molecule has 100 valence electrons. The molecule has 1 aliphatic carbocycles. The number of benzene rings is 1. The van der Waals surface area contributed by atoms with Crippen molar-refractivity contribution in [1.82, 2.24) is 0 Å². The summed E-state index contributed by atoms with van der Waals surface area (Å²) >= 11 is 0. The number of hydrogen-bond donors (Lipinski definition) is 2. The number of carbonyl (C=O) groups is 2. The first-order chi connectivity index (χ1) is 9.15. The third-order valence-electron chi connectivity index (χ3n) is 4.28. The first-order valence-corrected chi connectivity index (χ1v) is 6.91. The van der Waals surface area contributed by atoms with Gasteiger partial charge in [0.1, 0.15) is 0 Å². The minimum atomic E-state index is -0.345. The number of fused-ring (bicyclic) bond motifs is 2. The molecule has 19 heavy (non-hydrogen) atoms. The van der Waals surface area contributed by atoms with E-state index < -0.39 is 0 Å². The van der Waals surface area contributed by atoms with E-state index in [0.717, 1.165) is 42.6 Å². The van der Waals surface area contributed by atoms with Gasteiger partial charge in [0.25, 0.3) is 0 Å². The van der Waals surface area contributed by atoms with Crippen LogP contribution in [0.15, 0.2) is 18.2 Å².